The van der Waals surface area contributed by atoms with E-state index in [0.717, 1.165) is 41.4 Å². The largest absolute Gasteiger partial charge is 0.419 e. The van der Waals surface area contributed by atoms with Crippen LogP contribution in [0, 0.1) is 5.82 Å². The Morgan fingerprint density at radius 1 is 1.09 bits per heavy atom. The van der Waals surface area contributed by atoms with E-state index in [0.29, 0.717) is 24.8 Å². The number of benzene rings is 1. The molecule has 1 aromatic carbocycles. The topological polar surface area (TPSA) is 52.3 Å². The predicted octanol–water partition coefficient (Wildman–Crippen LogP) is 4.44. The van der Waals surface area contributed by atoms with Crippen molar-refractivity contribution in [2.24, 2.45) is 7.05 Å². The lowest BCUT2D eigenvalue weighted by molar-refractivity contribution is -0.140. The van der Waals surface area contributed by atoms with Crippen LogP contribution in [0.3, 0.4) is 0 Å². The van der Waals surface area contributed by atoms with Crippen molar-refractivity contribution in [1.29, 1.82) is 0 Å². The van der Waals surface area contributed by atoms with Gasteiger partial charge in [0.2, 0.25) is 0 Å². The number of nitrogens with zero attached hydrogens (tertiary/aromatic N) is 4. The molecule has 5 rings (SSSR count). The van der Waals surface area contributed by atoms with Crippen LogP contribution in [0.15, 0.2) is 59.8 Å². The number of fused-ring (bicyclic) bond motifs is 1. The van der Waals surface area contributed by atoms with Crippen LogP contribution < -0.4 is 10.5 Å². The summed E-state index contributed by atoms with van der Waals surface area (Å²) in [5.41, 5.74) is 1.87. The maximum Gasteiger partial charge on any atom is 0.419 e. The maximum absolute atomic E-state index is 13.9. The number of pyridine rings is 2. The summed E-state index contributed by atoms with van der Waals surface area (Å²) in [7, 11) is 1.88. The molecule has 1 fully saturated rings. The number of hydrogen-bond acceptors (Lipinski definition) is 4. The minimum Gasteiger partial charge on any atom is -0.378 e. The van der Waals surface area contributed by atoms with Gasteiger partial charge in [-0.3, -0.25) is 4.79 Å². The summed E-state index contributed by atoms with van der Waals surface area (Å²) in [4.78, 5) is 19.6. The average molecular weight is 486 g/mol. The first-order valence-corrected chi connectivity index (χ1v) is 11.0. The molecular weight excluding hydrogens is 464 g/mol. The zero-order valence-electron chi connectivity index (χ0n) is 18.8. The monoisotopic (exact) mass is 486 g/mol. The molecule has 4 aromatic rings. The SMILES string of the molecule is Cn1cc(-c2ccn(Cc3ccc(C(F)(F)F)c(F)c3)c(=O)c2)c2cc(N3CCOCC3)cnc21. The van der Waals surface area contributed by atoms with Crippen molar-refractivity contribution >= 4 is 16.7 Å². The highest BCUT2D eigenvalue weighted by molar-refractivity contribution is 5.95. The normalized spacial score (nSPS) is 14.6. The Balaban J connectivity index is 1.46. The molecule has 10 heteroatoms. The van der Waals surface area contributed by atoms with Crippen molar-refractivity contribution in [2.75, 3.05) is 31.2 Å². The summed E-state index contributed by atoms with van der Waals surface area (Å²) in [5, 5.41) is 0.901. The van der Waals surface area contributed by atoms with Gasteiger partial charge >= 0.3 is 6.18 Å². The Labute approximate surface area is 198 Å². The quantitative estimate of drug-likeness (QED) is 0.400. The molecule has 0 radical (unpaired) electrons. The summed E-state index contributed by atoms with van der Waals surface area (Å²) >= 11 is 0. The molecule has 0 unspecified atom stereocenters. The Morgan fingerprint density at radius 3 is 2.54 bits per heavy atom. The molecule has 1 aliphatic rings. The smallest absolute Gasteiger partial charge is 0.378 e. The molecule has 1 saturated heterocycles. The van der Waals surface area contributed by atoms with Gasteiger partial charge < -0.3 is 18.8 Å². The molecular formula is C25H22F4N4O2. The predicted molar refractivity (Wildman–Crippen MR) is 124 cm³/mol. The zero-order valence-corrected chi connectivity index (χ0v) is 18.8. The van der Waals surface area contributed by atoms with Gasteiger partial charge in [0, 0.05) is 49.5 Å². The summed E-state index contributed by atoms with van der Waals surface area (Å²) in [6, 6.07) is 7.97. The number of halogens is 4. The van der Waals surface area contributed by atoms with Crippen molar-refractivity contribution in [1.82, 2.24) is 14.1 Å². The van der Waals surface area contributed by atoms with Crippen molar-refractivity contribution in [3.63, 3.8) is 0 Å². The Morgan fingerprint density at radius 2 is 1.86 bits per heavy atom. The summed E-state index contributed by atoms with van der Waals surface area (Å²) in [5.74, 6) is -1.36. The van der Waals surface area contributed by atoms with Gasteiger partial charge in [-0.05, 0) is 35.4 Å². The number of aromatic nitrogens is 3. The lowest BCUT2D eigenvalue weighted by Gasteiger charge is -2.28. The van der Waals surface area contributed by atoms with Crippen LogP contribution in [-0.2, 0) is 24.5 Å². The van der Waals surface area contributed by atoms with E-state index in [1.807, 2.05) is 24.0 Å². The highest BCUT2D eigenvalue weighted by Gasteiger charge is 2.33. The fraction of sp³-hybridized carbons (Fsp3) is 0.280. The molecule has 1 aliphatic heterocycles. The van der Waals surface area contributed by atoms with Gasteiger partial charge in [0.1, 0.15) is 11.5 Å². The van der Waals surface area contributed by atoms with Gasteiger partial charge in [0.05, 0.1) is 37.2 Å². The Kier molecular flexibility index (Phi) is 5.84. The molecule has 4 heterocycles. The van der Waals surface area contributed by atoms with Crippen LogP contribution in [0.2, 0.25) is 0 Å². The zero-order chi connectivity index (χ0) is 24.7. The van der Waals surface area contributed by atoms with Crippen molar-refractivity contribution in [3.8, 4) is 11.1 Å². The third kappa shape index (κ3) is 4.53. The Bertz CT molecular complexity index is 1450. The molecule has 0 bridgehead atoms. The Hall–Kier alpha value is -3.66. The van der Waals surface area contributed by atoms with E-state index >= 15 is 0 Å². The van der Waals surface area contributed by atoms with Crippen molar-refractivity contribution in [3.05, 3.63) is 82.3 Å². The lowest BCUT2D eigenvalue weighted by Crippen LogP contribution is -2.36. The average Bonchev–Trinajstić information content (AvgIpc) is 3.16. The number of anilines is 1. The van der Waals surface area contributed by atoms with E-state index in [2.05, 4.69) is 16.0 Å². The molecule has 182 valence electrons. The molecule has 3 aromatic heterocycles. The molecule has 0 amide bonds. The summed E-state index contributed by atoms with van der Waals surface area (Å²) < 4.78 is 61.0. The third-order valence-electron chi connectivity index (χ3n) is 6.17. The number of ether oxygens (including phenoxy) is 1. The summed E-state index contributed by atoms with van der Waals surface area (Å²) in [6.07, 6.45) is 0.533. The highest BCUT2D eigenvalue weighted by Crippen LogP contribution is 2.33. The van der Waals surface area contributed by atoms with E-state index in [9.17, 15) is 22.4 Å². The van der Waals surface area contributed by atoms with E-state index in [4.69, 9.17) is 4.74 Å². The summed E-state index contributed by atoms with van der Waals surface area (Å²) in [6.45, 7) is 2.81. The number of hydrogen-bond donors (Lipinski definition) is 0. The lowest BCUT2D eigenvalue weighted by atomic mass is 10.1. The molecule has 0 N–H and O–H groups in total. The van der Waals surface area contributed by atoms with Gasteiger partial charge in [-0.15, -0.1) is 0 Å². The van der Waals surface area contributed by atoms with Crippen molar-refractivity contribution in [2.45, 2.75) is 12.7 Å². The third-order valence-corrected chi connectivity index (χ3v) is 6.17. The highest BCUT2D eigenvalue weighted by atomic mass is 19.4. The number of alkyl halides is 3. The molecule has 6 nitrogen and oxygen atoms in total. The van der Waals surface area contributed by atoms with E-state index in [1.54, 1.807) is 12.3 Å². The molecule has 0 atom stereocenters. The van der Waals surface area contributed by atoms with E-state index in [1.165, 1.54) is 16.7 Å². The van der Waals surface area contributed by atoms with E-state index < -0.39 is 17.6 Å². The van der Waals surface area contributed by atoms with Gasteiger partial charge in [-0.1, -0.05) is 6.07 Å². The van der Waals surface area contributed by atoms with Gasteiger partial charge in [-0.2, -0.15) is 13.2 Å². The molecule has 0 saturated carbocycles. The fourth-order valence-corrected chi connectivity index (χ4v) is 4.36. The minimum atomic E-state index is -4.77. The van der Waals surface area contributed by atoms with Gasteiger partial charge in [0.15, 0.2) is 0 Å². The first-order chi connectivity index (χ1) is 16.7. The number of morpholine rings is 1. The standard InChI is InChI=1S/C25H22F4N4O2/c1-31-15-20(19-12-18(13-30-24(19)31)32-6-8-35-9-7-32)17-4-5-33(23(34)11-17)14-16-2-3-21(22(26)10-16)25(27,28)29/h2-5,10-13,15H,6-9,14H2,1H3. The number of rotatable bonds is 4. The second kappa shape index (κ2) is 8.84. The maximum atomic E-state index is 13.9. The fourth-order valence-electron chi connectivity index (χ4n) is 4.36. The first-order valence-electron chi connectivity index (χ1n) is 11.0. The molecule has 0 aliphatic carbocycles. The first kappa shape index (κ1) is 23.1. The van der Waals surface area contributed by atoms with Crippen LogP contribution in [0.25, 0.3) is 22.2 Å². The van der Waals surface area contributed by atoms with Gasteiger partial charge in [0.25, 0.3) is 5.56 Å². The molecule has 0 spiro atoms. The second-order valence-electron chi connectivity index (χ2n) is 8.51. The van der Waals surface area contributed by atoms with Crippen LogP contribution in [0.5, 0.6) is 0 Å². The van der Waals surface area contributed by atoms with Crippen LogP contribution in [-0.4, -0.2) is 40.4 Å². The number of aryl methyl sites for hydroxylation is 1. The van der Waals surface area contributed by atoms with Crippen LogP contribution in [0.4, 0.5) is 23.2 Å². The molecule has 35 heavy (non-hydrogen) atoms. The van der Waals surface area contributed by atoms with Crippen LogP contribution in [0.1, 0.15) is 11.1 Å². The second-order valence-corrected chi connectivity index (χ2v) is 8.51. The minimum absolute atomic E-state index is 0.0492. The van der Waals surface area contributed by atoms with Crippen LogP contribution >= 0.6 is 0 Å². The van der Waals surface area contributed by atoms with E-state index in [-0.39, 0.29) is 17.7 Å². The van der Waals surface area contributed by atoms with Gasteiger partial charge in [-0.25, -0.2) is 9.37 Å². The van der Waals surface area contributed by atoms with Crippen molar-refractivity contribution < 1.29 is 22.3 Å².